The molecule has 8 nitrogen and oxygen atoms in total. The van der Waals surface area contributed by atoms with E-state index in [9.17, 15) is 9.59 Å². The second-order valence-electron chi connectivity index (χ2n) is 5.60. The molecule has 1 N–H and O–H groups in total. The van der Waals surface area contributed by atoms with Crippen LogP contribution in [0.5, 0.6) is 5.75 Å². The zero-order valence-electron chi connectivity index (χ0n) is 13.6. The molecule has 3 heterocycles. The van der Waals surface area contributed by atoms with Crippen LogP contribution < -0.4 is 10.1 Å². The number of amides is 1. The molecule has 2 aromatic heterocycles. The number of nitrogens with one attached hydrogen (secondary N) is 1. The summed E-state index contributed by atoms with van der Waals surface area (Å²) in [6.45, 7) is 0.0590. The van der Waals surface area contributed by atoms with E-state index in [1.807, 2.05) is 12.1 Å². The van der Waals surface area contributed by atoms with Gasteiger partial charge in [0.25, 0.3) is 5.91 Å². The average Bonchev–Trinajstić information content (AvgIpc) is 3.20. The standard InChI is InChI=1S/C18H14N4O4/c23-17-11-25-15-4-3-13(8-14(15)21-17)18(24)26-10-12-2-5-16(19-9-12)22-7-1-6-20-22/h1-9H,10-11H2,(H,21,23). The summed E-state index contributed by atoms with van der Waals surface area (Å²) in [5.74, 6) is 0.449. The first kappa shape index (κ1) is 15.8. The van der Waals surface area contributed by atoms with E-state index in [1.54, 1.807) is 41.5 Å². The van der Waals surface area contributed by atoms with E-state index in [-0.39, 0.29) is 19.1 Å². The SMILES string of the molecule is O=C1COc2ccc(C(=O)OCc3ccc(-n4cccn4)nc3)cc2N1. The second kappa shape index (κ2) is 6.67. The lowest BCUT2D eigenvalue weighted by atomic mass is 10.1. The van der Waals surface area contributed by atoms with Gasteiger partial charge in [-0.2, -0.15) is 5.10 Å². The number of carbonyl (C=O) groups excluding carboxylic acids is 2. The zero-order valence-corrected chi connectivity index (χ0v) is 13.6. The summed E-state index contributed by atoms with van der Waals surface area (Å²) in [7, 11) is 0. The molecule has 0 aliphatic carbocycles. The maximum atomic E-state index is 12.2. The third-order valence-electron chi connectivity index (χ3n) is 3.77. The number of hydrogen-bond donors (Lipinski definition) is 1. The first-order valence-electron chi connectivity index (χ1n) is 7.88. The van der Waals surface area contributed by atoms with Crippen LogP contribution in [-0.2, 0) is 16.1 Å². The van der Waals surface area contributed by atoms with E-state index in [4.69, 9.17) is 9.47 Å². The van der Waals surface area contributed by atoms with Gasteiger partial charge < -0.3 is 14.8 Å². The fourth-order valence-electron chi connectivity index (χ4n) is 2.48. The van der Waals surface area contributed by atoms with Gasteiger partial charge in [-0.15, -0.1) is 0 Å². The Morgan fingerprint density at radius 2 is 2.23 bits per heavy atom. The predicted molar refractivity (Wildman–Crippen MR) is 91.0 cm³/mol. The maximum absolute atomic E-state index is 12.2. The van der Waals surface area contributed by atoms with Gasteiger partial charge in [0, 0.05) is 24.2 Å². The van der Waals surface area contributed by atoms with E-state index < -0.39 is 5.97 Å². The van der Waals surface area contributed by atoms with Crippen molar-refractivity contribution in [3.8, 4) is 11.6 Å². The molecular formula is C18H14N4O4. The molecule has 0 bridgehead atoms. The minimum Gasteiger partial charge on any atom is -0.482 e. The summed E-state index contributed by atoms with van der Waals surface area (Å²) in [5, 5.41) is 6.76. The lowest BCUT2D eigenvalue weighted by molar-refractivity contribution is -0.118. The molecular weight excluding hydrogens is 336 g/mol. The normalized spacial score (nSPS) is 12.7. The van der Waals surface area contributed by atoms with Crippen molar-refractivity contribution in [3.05, 3.63) is 66.1 Å². The fraction of sp³-hybridized carbons (Fsp3) is 0.111. The fourth-order valence-corrected chi connectivity index (χ4v) is 2.48. The Morgan fingerprint density at radius 3 is 3.00 bits per heavy atom. The molecule has 0 fully saturated rings. The van der Waals surface area contributed by atoms with Crippen molar-refractivity contribution in [2.75, 3.05) is 11.9 Å². The quantitative estimate of drug-likeness (QED) is 0.723. The summed E-state index contributed by atoms with van der Waals surface area (Å²) in [5.41, 5.74) is 1.54. The van der Waals surface area contributed by atoms with Gasteiger partial charge in [-0.1, -0.05) is 6.07 Å². The molecule has 0 unspecified atom stereocenters. The molecule has 1 aliphatic heterocycles. The lowest BCUT2D eigenvalue weighted by Gasteiger charge is -2.18. The van der Waals surface area contributed by atoms with Crippen molar-refractivity contribution < 1.29 is 19.1 Å². The molecule has 0 spiro atoms. The van der Waals surface area contributed by atoms with E-state index in [0.29, 0.717) is 22.8 Å². The van der Waals surface area contributed by atoms with Gasteiger partial charge in [-0.3, -0.25) is 4.79 Å². The second-order valence-corrected chi connectivity index (χ2v) is 5.60. The molecule has 1 amide bonds. The Kier molecular flexibility index (Phi) is 4.06. The largest absolute Gasteiger partial charge is 0.482 e. The summed E-state index contributed by atoms with van der Waals surface area (Å²) in [4.78, 5) is 27.9. The van der Waals surface area contributed by atoms with Gasteiger partial charge in [0.15, 0.2) is 12.4 Å². The van der Waals surface area contributed by atoms with E-state index in [2.05, 4.69) is 15.4 Å². The number of pyridine rings is 1. The highest BCUT2D eigenvalue weighted by molar-refractivity contribution is 5.98. The number of aromatic nitrogens is 3. The third kappa shape index (κ3) is 3.25. The summed E-state index contributed by atoms with van der Waals surface area (Å²) >= 11 is 0. The molecule has 26 heavy (non-hydrogen) atoms. The van der Waals surface area contributed by atoms with Crippen molar-refractivity contribution in [1.82, 2.24) is 14.8 Å². The Hall–Kier alpha value is -3.68. The third-order valence-corrected chi connectivity index (χ3v) is 3.77. The van der Waals surface area contributed by atoms with Crippen LogP contribution in [0.4, 0.5) is 5.69 Å². The van der Waals surface area contributed by atoms with Crippen molar-refractivity contribution in [1.29, 1.82) is 0 Å². The van der Waals surface area contributed by atoms with Gasteiger partial charge in [0.1, 0.15) is 12.4 Å². The number of carbonyl (C=O) groups is 2. The highest BCUT2D eigenvalue weighted by atomic mass is 16.5. The highest BCUT2D eigenvalue weighted by Crippen LogP contribution is 2.28. The van der Waals surface area contributed by atoms with Crippen LogP contribution in [0.3, 0.4) is 0 Å². The molecule has 130 valence electrons. The summed E-state index contributed by atoms with van der Waals surface area (Å²) in [6.07, 6.45) is 5.09. The Bertz CT molecular complexity index is 952. The summed E-state index contributed by atoms with van der Waals surface area (Å²) in [6, 6.07) is 10.2. The van der Waals surface area contributed by atoms with Gasteiger partial charge in [0.2, 0.25) is 0 Å². The number of nitrogens with zero attached hydrogens (tertiary/aromatic N) is 3. The number of ether oxygens (including phenoxy) is 2. The smallest absolute Gasteiger partial charge is 0.338 e. The monoisotopic (exact) mass is 350 g/mol. The van der Waals surface area contributed by atoms with Gasteiger partial charge in [-0.05, 0) is 30.3 Å². The average molecular weight is 350 g/mol. The Morgan fingerprint density at radius 1 is 1.31 bits per heavy atom. The molecule has 0 saturated heterocycles. The number of hydrogen-bond acceptors (Lipinski definition) is 6. The maximum Gasteiger partial charge on any atom is 0.338 e. The lowest BCUT2D eigenvalue weighted by Crippen LogP contribution is -2.25. The summed E-state index contributed by atoms with van der Waals surface area (Å²) < 4.78 is 12.2. The Labute approximate surface area is 148 Å². The predicted octanol–water partition coefficient (Wildman–Crippen LogP) is 1.96. The van der Waals surface area contributed by atoms with E-state index in [0.717, 1.165) is 5.56 Å². The molecule has 1 aliphatic rings. The van der Waals surface area contributed by atoms with Crippen LogP contribution in [-0.4, -0.2) is 33.2 Å². The van der Waals surface area contributed by atoms with Gasteiger partial charge in [-0.25, -0.2) is 14.5 Å². The molecule has 0 radical (unpaired) electrons. The van der Waals surface area contributed by atoms with Crippen LogP contribution in [0.1, 0.15) is 15.9 Å². The van der Waals surface area contributed by atoms with E-state index in [1.165, 1.54) is 6.07 Å². The molecule has 0 atom stereocenters. The van der Waals surface area contributed by atoms with Crippen molar-refractivity contribution >= 4 is 17.6 Å². The molecule has 3 aromatic rings. The number of anilines is 1. The van der Waals surface area contributed by atoms with Crippen LogP contribution >= 0.6 is 0 Å². The Balaban J connectivity index is 1.41. The van der Waals surface area contributed by atoms with Crippen molar-refractivity contribution in [3.63, 3.8) is 0 Å². The number of esters is 1. The van der Waals surface area contributed by atoms with Crippen molar-refractivity contribution in [2.24, 2.45) is 0 Å². The van der Waals surface area contributed by atoms with Crippen LogP contribution in [0, 0.1) is 0 Å². The first-order valence-corrected chi connectivity index (χ1v) is 7.88. The first-order chi connectivity index (χ1) is 12.7. The van der Waals surface area contributed by atoms with Crippen LogP contribution in [0.25, 0.3) is 5.82 Å². The number of rotatable bonds is 4. The molecule has 8 heteroatoms. The van der Waals surface area contributed by atoms with Crippen LogP contribution in [0.2, 0.25) is 0 Å². The molecule has 4 rings (SSSR count). The zero-order chi connectivity index (χ0) is 17.9. The molecule has 1 aromatic carbocycles. The highest BCUT2D eigenvalue weighted by Gasteiger charge is 2.18. The van der Waals surface area contributed by atoms with Crippen molar-refractivity contribution in [2.45, 2.75) is 6.61 Å². The van der Waals surface area contributed by atoms with E-state index >= 15 is 0 Å². The van der Waals surface area contributed by atoms with Gasteiger partial charge >= 0.3 is 5.97 Å². The minimum atomic E-state index is -0.497. The minimum absolute atomic E-state index is 0.0294. The number of benzene rings is 1. The molecule has 0 saturated carbocycles. The van der Waals surface area contributed by atoms with Gasteiger partial charge in [0.05, 0.1) is 11.3 Å². The van der Waals surface area contributed by atoms with Crippen LogP contribution in [0.15, 0.2) is 55.0 Å². The topological polar surface area (TPSA) is 95.3 Å². The number of fused-ring (bicyclic) bond motifs is 1.